The molecule has 0 bridgehead atoms. The minimum absolute atomic E-state index is 0.00239. The van der Waals surface area contributed by atoms with Gasteiger partial charge in [-0.25, -0.2) is 0 Å². The summed E-state index contributed by atoms with van der Waals surface area (Å²) < 4.78 is 11.7. The summed E-state index contributed by atoms with van der Waals surface area (Å²) in [6, 6.07) is 11.5. The highest BCUT2D eigenvalue weighted by Gasteiger charge is 2.31. The number of hydrogen-bond donors (Lipinski definition) is 0. The monoisotopic (exact) mass is 278 g/mol. The van der Waals surface area contributed by atoms with E-state index in [9.17, 15) is 0 Å². The van der Waals surface area contributed by atoms with E-state index in [-0.39, 0.29) is 6.10 Å². The fourth-order valence-corrected chi connectivity index (χ4v) is 5.09. The lowest BCUT2D eigenvalue weighted by Crippen LogP contribution is -2.36. The van der Waals surface area contributed by atoms with Crippen molar-refractivity contribution < 1.29 is 9.16 Å². The summed E-state index contributed by atoms with van der Waals surface area (Å²) in [6.07, 6.45) is 1.90. The molecule has 0 saturated carbocycles. The molecule has 1 atom stereocenters. The Kier molecular flexibility index (Phi) is 6.32. The number of rotatable bonds is 8. The van der Waals surface area contributed by atoms with Crippen LogP contribution in [0, 0.1) is 0 Å². The molecule has 0 aliphatic carbocycles. The Bertz CT molecular complexity index is 374. The molecule has 0 unspecified atom stereocenters. The average Bonchev–Trinajstić information content (AvgIpc) is 2.50. The Morgan fingerprint density at radius 1 is 1.11 bits per heavy atom. The standard InChI is InChI=1S/C16H26O2Si/c1-6-16(18-19(7-2,8-3)9-4)14-10-12-15(17-5)13-11-14/h6,10-13,16H,1,7-9H2,2-5H3/t16-/m0/s1. The van der Waals surface area contributed by atoms with Crippen LogP contribution >= 0.6 is 0 Å². The van der Waals surface area contributed by atoms with E-state index in [1.807, 2.05) is 18.2 Å². The van der Waals surface area contributed by atoms with Crippen LogP contribution in [0.4, 0.5) is 0 Å². The fourth-order valence-electron chi connectivity index (χ4n) is 2.32. The first kappa shape index (κ1) is 16.0. The van der Waals surface area contributed by atoms with Crippen molar-refractivity contribution in [3.05, 3.63) is 42.5 Å². The third-order valence-corrected chi connectivity index (χ3v) is 8.59. The minimum Gasteiger partial charge on any atom is -0.497 e. The topological polar surface area (TPSA) is 18.5 Å². The zero-order chi connectivity index (χ0) is 14.3. The molecule has 3 heteroatoms. The van der Waals surface area contributed by atoms with E-state index in [1.165, 1.54) is 0 Å². The molecule has 0 aliphatic heterocycles. The van der Waals surface area contributed by atoms with E-state index < -0.39 is 8.32 Å². The lowest BCUT2D eigenvalue weighted by molar-refractivity contribution is 0.238. The Balaban J connectivity index is 2.90. The lowest BCUT2D eigenvalue weighted by Gasteiger charge is -2.32. The number of methoxy groups -OCH3 is 1. The van der Waals surface area contributed by atoms with Gasteiger partial charge in [-0.1, -0.05) is 39.0 Å². The second-order valence-corrected chi connectivity index (χ2v) is 9.51. The largest absolute Gasteiger partial charge is 0.497 e. The molecule has 1 aromatic rings. The zero-order valence-electron chi connectivity index (χ0n) is 12.6. The molecule has 0 spiro atoms. The third kappa shape index (κ3) is 3.95. The van der Waals surface area contributed by atoms with Gasteiger partial charge in [0.25, 0.3) is 0 Å². The van der Waals surface area contributed by atoms with Gasteiger partial charge >= 0.3 is 0 Å². The van der Waals surface area contributed by atoms with Gasteiger partial charge in [0, 0.05) is 0 Å². The second-order valence-electron chi connectivity index (χ2n) is 4.79. The first-order valence-electron chi connectivity index (χ1n) is 7.09. The van der Waals surface area contributed by atoms with Crippen molar-refractivity contribution in [2.45, 2.75) is 45.0 Å². The summed E-state index contributed by atoms with van der Waals surface area (Å²) in [5, 5.41) is 0. The molecule has 0 aromatic heterocycles. The van der Waals surface area contributed by atoms with Crippen LogP contribution in [-0.4, -0.2) is 15.4 Å². The van der Waals surface area contributed by atoms with Crippen LogP contribution in [0.2, 0.25) is 18.1 Å². The molecule has 106 valence electrons. The number of hydrogen-bond acceptors (Lipinski definition) is 2. The minimum atomic E-state index is -1.61. The van der Waals surface area contributed by atoms with Crippen LogP contribution in [0.5, 0.6) is 5.75 Å². The van der Waals surface area contributed by atoms with Crippen molar-refractivity contribution in [1.82, 2.24) is 0 Å². The van der Waals surface area contributed by atoms with Gasteiger partial charge < -0.3 is 9.16 Å². The van der Waals surface area contributed by atoms with Gasteiger partial charge in [0.05, 0.1) is 13.2 Å². The molecule has 0 aliphatic rings. The van der Waals surface area contributed by atoms with Gasteiger partial charge in [-0.05, 0) is 35.8 Å². The maximum atomic E-state index is 6.47. The predicted molar refractivity (Wildman–Crippen MR) is 84.2 cm³/mol. The molecule has 1 aromatic carbocycles. The van der Waals surface area contributed by atoms with Gasteiger partial charge in [0.2, 0.25) is 0 Å². The van der Waals surface area contributed by atoms with Crippen LogP contribution in [-0.2, 0) is 4.43 Å². The summed E-state index contributed by atoms with van der Waals surface area (Å²) in [4.78, 5) is 0. The van der Waals surface area contributed by atoms with E-state index in [2.05, 4.69) is 39.5 Å². The Labute approximate surface area is 118 Å². The van der Waals surface area contributed by atoms with Gasteiger partial charge in [0.15, 0.2) is 8.32 Å². The van der Waals surface area contributed by atoms with Crippen LogP contribution in [0.1, 0.15) is 32.4 Å². The molecule has 0 heterocycles. The van der Waals surface area contributed by atoms with Crippen LogP contribution in [0.15, 0.2) is 36.9 Å². The summed E-state index contributed by atoms with van der Waals surface area (Å²) in [5.41, 5.74) is 1.16. The molecule has 1 rings (SSSR count). The van der Waals surface area contributed by atoms with Gasteiger partial charge in [0.1, 0.15) is 5.75 Å². The first-order valence-corrected chi connectivity index (χ1v) is 9.62. The summed E-state index contributed by atoms with van der Waals surface area (Å²) in [5.74, 6) is 0.872. The molecule has 0 saturated heterocycles. The highest BCUT2D eigenvalue weighted by atomic mass is 28.4. The maximum Gasteiger partial charge on any atom is 0.193 e. The van der Waals surface area contributed by atoms with Crippen molar-refractivity contribution in [3.63, 3.8) is 0 Å². The van der Waals surface area contributed by atoms with E-state index in [4.69, 9.17) is 9.16 Å². The predicted octanol–water partition coefficient (Wildman–Crippen LogP) is 4.94. The Morgan fingerprint density at radius 2 is 1.63 bits per heavy atom. The molecular weight excluding hydrogens is 252 g/mol. The van der Waals surface area contributed by atoms with Crippen molar-refractivity contribution in [1.29, 1.82) is 0 Å². The van der Waals surface area contributed by atoms with Gasteiger partial charge in [-0.15, -0.1) is 6.58 Å². The molecular formula is C16H26O2Si. The van der Waals surface area contributed by atoms with Crippen LogP contribution in [0.3, 0.4) is 0 Å². The maximum absolute atomic E-state index is 6.47. The van der Waals surface area contributed by atoms with Crippen molar-refractivity contribution in [2.75, 3.05) is 7.11 Å². The lowest BCUT2D eigenvalue weighted by atomic mass is 10.1. The summed E-state index contributed by atoms with van der Waals surface area (Å²) in [7, 11) is 0.0716. The smallest absolute Gasteiger partial charge is 0.193 e. The van der Waals surface area contributed by atoms with E-state index in [0.717, 1.165) is 29.4 Å². The third-order valence-electron chi connectivity index (χ3n) is 3.97. The second kappa shape index (κ2) is 7.51. The number of benzene rings is 1. The van der Waals surface area contributed by atoms with Crippen molar-refractivity contribution >= 4 is 8.32 Å². The Hall–Kier alpha value is -1.06. The summed E-state index contributed by atoms with van der Waals surface area (Å²) in [6.45, 7) is 10.7. The van der Waals surface area contributed by atoms with Crippen molar-refractivity contribution in [3.8, 4) is 5.75 Å². The van der Waals surface area contributed by atoms with Crippen LogP contribution < -0.4 is 4.74 Å². The molecule has 19 heavy (non-hydrogen) atoms. The molecule has 2 nitrogen and oxygen atoms in total. The van der Waals surface area contributed by atoms with E-state index >= 15 is 0 Å². The average molecular weight is 278 g/mol. The SMILES string of the molecule is C=C[C@H](O[Si](CC)(CC)CC)c1ccc(OC)cc1. The van der Waals surface area contributed by atoms with Gasteiger partial charge in [-0.3, -0.25) is 0 Å². The normalized spacial score (nSPS) is 13.1. The van der Waals surface area contributed by atoms with Crippen molar-refractivity contribution in [2.24, 2.45) is 0 Å². The first-order chi connectivity index (χ1) is 9.14. The molecule has 0 amide bonds. The van der Waals surface area contributed by atoms with Gasteiger partial charge in [-0.2, -0.15) is 0 Å². The van der Waals surface area contributed by atoms with Crippen LogP contribution in [0.25, 0.3) is 0 Å². The fraction of sp³-hybridized carbons (Fsp3) is 0.500. The quantitative estimate of drug-likeness (QED) is 0.495. The Morgan fingerprint density at radius 3 is 2.00 bits per heavy atom. The highest BCUT2D eigenvalue weighted by Crippen LogP contribution is 2.31. The molecule has 0 radical (unpaired) electrons. The zero-order valence-corrected chi connectivity index (χ0v) is 13.6. The number of ether oxygens (including phenoxy) is 1. The van der Waals surface area contributed by atoms with E-state index in [1.54, 1.807) is 7.11 Å². The van der Waals surface area contributed by atoms with E-state index in [0.29, 0.717) is 0 Å². The molecule has 0 N–H and O–H groups in total. The molecule has 0 fully saturated rings. The summed E-state index contributed by atoms with van der Waals surface area (Å²) >= 11 is 0. The highest BCUT2D eigenvalue weighted by molar-refractivity contribution is 6.73.